The maximum absolute atomic E-state index is 14.3. The number of carbonyl (C=O) groups is 1. The van der Waals surface area contributed by atoms with Gasteiger partial charge in [-0.3, -0.25) is 29.0 Å². The summed E-state index contributed by atoms with van der Waals surface area (Å²) >= 11 is 0. The third-order valence-electron chi connectivity index (χ3n) is 14.5. The van der Waals surface area contributed by atoms with Crippen LogP contribution in [0.5, 0.6) is 0 Å². The lowest BCUT2D eigenvalue weighted by atomic mass is 10.1. The predicted octanol–water partition coefficient (Wildman–Crippen LogP) is 6.23. The average Bonchev–Trinajstić information content (AvgIpc) is 1.52. The molecule has 4 saturated heterocycles. The van der Waals surface area contributed by atoms with E-state index in [1.54, 1.807) is 11.5 Å². The summed E-state index contributed by atoms with van der Waals surface area (Å²) in [5.41, 5.74) is 8.90. The number of aromatic nitrogens is 6. The number of rotatable bonds is 20. The van der Waals surface area contributed by atoms with Crippen LogP contribution in [0.1, 0.15) is 17.3 Å². The number of nitrogens with zero attached hydrogens (tertiary/aromatic N) is 10. The average molecular weight is 1190 g/mol. The fourth-order valence-electron chi connectivity index (χ4n) is 9.92. The Balaban J connectivity index is 0.000000175. The number of nitrogens with one attached hydrogen (secondary N) is 3. The standard InChI is InChI=1S/C30H33F2N7O3.C22H33N7O2.C9H8F2O2/c31-23-18-22(19-24(32)20-23)25-30(40)39(9-8-38-12-16-42-17-13-38)29-26(34-25)28(33-6-7-37-10-14-41-15-11-37)35-27(36-29)21-4-2-1-3-5-21;23-19-21(24-6-8-28-10-14-30-15-11-28)26-20(18-4-2-1-3-5-18)27-22(19)25-7-9-29-12-16-31-17-13-29;1-2-13-9(12)6-3-7(10)5-8(11)4-6/h1-5,18-20H,6-17H2,(H,33,35,36);1-5H,6-17,23H2,(H2,24,25,26,27);3-5H,2H2,1H3. The monoisotopic (exact) mass is 1190 g/mol. The van der Waals surface area contributed by atoms with Crippen molar-refractivity contribution in [2.24, 2.45) is 0 Å². The van der Waals surface area contributed by atoms with E-state index in [1.165, 1.54) is 0 Å². The number of esters is 1. The van der Waals surface area contributed by atoms with Crippen molar-refractivity contribution in [3.63, 3.8) is 0 Å². The van der Waals surface area contributed by atoms with Gasteiger partial charge in [0.05, 0.1) is 65.0 Å². The summed E-state index contributed by atoms with van der Waals surface area (Å²) in [6.45, 7) is 20.2. The molecule has 7 heterocycles. The molecule has 21 nitrogen and oxygen atoms in total. The van der Waals surface area contributed by atoms with Crippen LogP contribution in [0.2, 0.25) is 0 Å². The van der Waals surface area contributed by atoms with Crippen molar-refractivity contribution in [1.29, 1.82) is 0 Å². The first-order valence-electron chi connectivity index (χ1n) is 29.1. The third kappa shape index (κ3) is 18.1. The molecular weight excluding hydrogens is 1120 g/mol. The molecule has 0 saturated carbocycles. The first-order valence-corrected chi connectivity index (χ1v) is 29.1. The molecule has 0 radical (unpaired) electrons. The zero-order valence-corrected chi connectivity index (χ0v) is 48.3. The maximum Gasteiger partial charge on any atom is 0.338 e. The predicted molar refractivity (Wildman–Crippen MR) is 321 cm³/mol. The molecule has 4 aliphatic rings. The molecule has 25 heteroatoms. The van der Waals surface area contributed by atoms with Crippen LogP contribution in [0.15, 0.2) is 102 Å². The molecule has 4 aromatic carbocycles. The molecule has 7 aromatic rings. The van der Waals surface area contributed by atoms with Gasteiger partial charge in [0.1, 0.15) is 40.2 Å². The molecule has 4 aliphatic heterocycles. The highest BCUT2D eigenvalue weighted by molar-refractivity contribution is 5.89. The Morgan fingerprint density at radius 2 is 0.907 bits per heavy atom. The van der Waals surface area contributed by atoms with E-state index in [0.29, 0.717) is 98.1 Å². The molecule has 4 fully saturated rings. The van der Waals surface area contributed by atoms with Gasteiger partial charge in [0.2, 0.25) is 0 Å². The van der Waals surface area contributed by atoms with Gasteiger partial charge in [-0.15, -0.1) is 0 Å². The van der Waals surface area contributed by atoms with Gasteiger partial charge in [-0.1, -0.05) is 60.7 Å². The van der Waals surface area contributed by atoms with Crippen molar-refractivity contribution in [3.05, 3.63) is 136 Å². The summed E-state index contributed by atoms with van der Waals surface area (Å²) in [6.07, 6.45) is 0. The molecule has 3 aromatic heterocycles. The van der Waals surface area contributed by atoms with E-state index in [1.807, 2.05) is 60.7 Å². The number of benzene rings is 4. The summed E-state index contributed by atoms with van der Waals surface area (Å²) in [7, 11) is 0. The number of ether oxygens (including phenoxy) is 5. The van der Waals surface area contributed by atoms with E-state index in [2.05, 4.69) is 45.3 Å². The summed E-state index contributed by atoms with van der Waals surface area (Å²) in [4.78, 5) is 58.0. The van der Waals surface area contributed by atoms with Crippen molar-refractivity contribution in [3.8, 4) is 34.0 Å². The van der Waals surface area contributed by atoms with Gasteiger partial charge in [0.25, 0.3) is 5.56 Å². The van der Waals surface area contributed by atoms with Gasteiger partial charge in [0.15, 0.2) is 34.7 Å². The van der Waals surface area contributed by atoms with Crippen LogP contribution < -0.4 is 27.2 Å². The van der Waals surface area contributed by atoms with Gasteiger partial charge >= 0.3 is 5.97 Å². The van der Waals surface area contributed by atoms with Crippen molar-refractivity contribution in [1.82, 2.24) is 49.1 Å². The van der Waals surface area contributed by atoms with E-state index >= 15 is 0 Å². The van der Waals surface area contributed by atoms with E-state index in [0.717, 1.165) is 153 Å². The highest BCUT2D eigenvalue weighted by Crippen LogP contribution is 2.29. The topological polar surface area (TPSA) is 225 Å². The van der Waals surface area contributed by atoms with Gasteiger partial charge in [-0.2, -0.15) is 0 Å². The lowest BCUT2D eigenvalue weighted by Gasteiger charge is -2.27. The van der Waals surface area contributed by atoms with Crippen LogP contribution in [-0.2, 0) is 30.2 Å². The van der Waals surface area contributed by atoms with Crippen molar-refractivity contribution in [2.75, 3.05) is 179 Å². The molecule has 0 spiro atoms. The number of hydrogen-bond acceptors (Lipinski definition) is 20. The second-order valence-electron chi connectivity index (χ2n) is 20.5. The Morgan fingerprint density at radius 1 is 0.512 bits per heavy atom. The molecule has 86 heavy (non-hydrogen) atoms. The number of hydrogen-bond donors (Lipinski definition) is 4. The van der Waals surface area contributed by atoms with Crippen molar-refractivity contribution >= 4 is 40.3 Å². The summed E-state index contributed by atoms with van der Waals surface area (Å²) in [5, 5.41) is 10.3. The van der Waals surface area contributed by atoms with Crippen LogP contribution in [0.4, 0.5) is 40.7 Å². The van der Waals surface area contributed by atoms with Gasteiger partial charge in [-0.05, 0) is 31.2 Å². The van der Waals surface area contributed by atoms with E-state index in [-0.39, 0.29) is 23.4 Å². The molecule has 0 amide bonds. The maximum atomic E-state index is 14.3. The lowest BCUT2D eigenvalue weighted by Crippen LogP contribution is -2.39. The number of halogens is 4. The van der Waals surface area contributed by atoms with Gasteiger partial charge in [-0.25, -0.2) is 47.3 Å². The summed E-state index contributed by atoms with van der Waals surface area (Å²) in [6, 6.07) is 25.1. The minimum absolute atomic E-state index is 0.0600. The second-order valence-corrected chi connectivity index (χ2v) is 20.5. The number of nitrogen functional groups attached to an aromatic ring is 1. The number of nitrogens with two attached hydrogens (primary N) is 1. The van der Waals surface area contributed by atoms with Crippen molar-refractivity contribution in [2.45, 2.75) is 13.5 Å². The van der Waals surface area contributed by atoms with Crippen LogP contribution in [-0.4, -0.2) is 213 Å². The van der Waals surface area contributed by atoms with E-state index in [4.69, 9.17) is 44.6 Å². The van der Waals surface area contributed by atoms with E-state index < -0.39 is 34.8 Å². The second kappa shape index (κ2) is 32.1. The molecule has 458 valence electrons. The van der Waals surface area contributed by atoms with Crippen molar-refractivity contribution < 1.29 is 46.0 Å². The zero-order valence-electron chi connectivity index (χ0n) is 48.3. The molecular formula is C61H74F4N14O7. The van der Waals surface area contributed by atoms with Gasteiger partial charge in [0, 0.05) is 134 Å². The number of anilines is 4. The molecule has 0 atom stereocenters. The fourth-order valence-corrected chi connectivity index (χ4v) is 9.92. The molecule has 11 rings (SSSR count). The van der Waals surface area contributed by atoms with Crippen LogP contribution in [0.25, 0.3) is 45.2 Å². The molecule has 0 unspecified atom stereocenters. The quantitative estimate of drug-likeness (QED) is 0.0490. The number of fused-ring (bicyclic) bond motifs is 1. The SMILES string of the molecule is CCOC(=O)c1cc(F)cc(F)c1.Nc1c(NCCN2CCOCC2)nc(-c2ccccc2)nc1NCCN1CCOCC1.O=c1c(-c2cc(F)cc(F)c2)nc2c(NCCN3CCOCC3)nc(-c3ccccc3)nc2n1CCN1CCOCC1. The Morgan fingerprint density at radius 3 is 1.35 bits per heavy atom. The first kappa shape index (κ1) is 62.8. The summed E-state index contributed by atoms with van der Waals surface area (Å²) < 4.78 is 81.6. The Hall–Kier alpha value is -7.75. The van der Waals surface area contributed by atoms with E-state index in [9.17, 15) is 27.2 Å². The van der Waals surface area contributed by atoms with Crippen LogP contribution >= 0.6 is 0 Å². The zero-order chi connectivity index (χ0) is 60.0. The third-order valence-corrected chi connectivity index (χ3v) is 14.5. The smallest absolute Gasteiger partial charge is 0.338 e. The highest BCUT2D eigenvalue weighted by atomic mass is 19.1. The fraction of sp³-hybridized carbons (Fsp3) is 0.426. The first-order chi connectivity index (χ1) is 42.0. The highest BCUT2D eigenvalue weighted by Gasteiger charge is 2.23. The molecule has 5 N–H and O–H groups in total. The van der Waals surface area contributed by atoms with Gasteiger partial charge < -0.3 is 45.4 Å². The number of carbonyl (C=O) groups excluding carboxylic acids is 1. The Bertz CT molecular complexity index is 3270. The minimum Gasteiger partial charge on any atom is -0.462 e. The minimum atomic E-state index is -0.789. The number of morpholine rings is 4. The Kier molecular flexibility index (Phi) is 23.4. The Labute approximate surface area is 496 Å². The van der Waals surface area contributed by atoms with Crippen LogP contribution in [0, 0.1) is 23.3 Å². The molecule has 0 aliphatic carbocycles. The van der Waals surface area contributed by atoms with Crippen LogP contribution in [0.3, 0.4) is 0 Å². The summed E-state index contributed by atoms with van der Waals surface area (Å²) in [5.74, 6) is -0.957. The largest absolute Gasteiger partial charge is 0.462 e. The molecule has 0 bridgehead atoms. The lowest BCUT2D eigenvalue weighted by molar-refractivity contribution is 0.0364. The normalized spacial score (nSPS) is 16.1.